The van der Waals surface area contributed by atoms with Crippen molar-refractivity contribution in [2.24, 2.45) is 0 Å². The molecule has 39 heavy (non-hydrogen) atoms. The first kappa shape index (κ1) is 22.9. The zero-order chi connectivity index (χ0) is 26.3. The molecule has 5 aromatic carbocycles. The monoisotopic (exact) mass is 510 g/mol. The Bertz CT molecular complexity index is 1910. The molecule has 0 saturated heterocycles. The van der Waals surface area contributed by atoms with Crippen LogP contribution in [0.15, 0.2) is 121 Å². The fourth-order valence-electron chi connectivity index (χ4n) is 5.00. The zero-order valence-corrected chi connectivity index (χ0v) is 20.6. The van der Waals surface area contributed by atoms with Gasteiger partial charge in [0.1, 0.15) is 11.6 Å². The second kappa shape index (κ2) is 9.26. The number of aromatic nitrogens is 4. The lowest BCUT2D eigenvalue weighted by molar-refractivity contribution is 0.587. The molecule has 0 bridgehead atoms. The highest BCUT2D eigenvalue weighted by molar-refractivity contribution is 6.08. The molecule has 7 aromatic rings. The van der Waals surface area contributed by atoms with E-state index in [9.17, 15) is 8.78 Å². The lowest BCUT2D eigenvalue weighted by Crippen LogP contribution is -2.07. The molecule has 0 radical (unpaired) electrons. The Kier molecular flexibility index (Phi) is 5.44. The van der Waals surface area contributed by atoms with E-state index in [-0.39, 0.29) is 17.3 Å². The van der Waals surface area contributed by atoms with Crippen LogP contribution in [-0.4, -0.2) is 19.5 Å². The van der Waals surface area contributed by atoms with E-state index in [1.54, 1.807) is 0 Å². The first-order valence-electron chi connectivity index (χ1n) is 12.5. The lowest BCUT2D eigenvalue weighted by atomic mass is 10.0. The number of fused-ring (bicyclic) bond motifs is 3. The SMILES string of the molecule is Fc1cccc(F)c1-c1nc(-c2ccc(-c3ccccc3)cc2)nc(-n2c3ccccc3c3ccccc32)n1. The van der Waals surface area contributed by atoms with E-state index in [4.69, 9.17) is 4.98 Å². The fourth-order valence-corrected chi connectivity index (χ4v) is 5.00. The fraction of sp³-hybridized carbons (Fsp3) is 0. The van der Waals surface area contributed by atoms with Gasteiger partial charge >= 0.3 is 0 Å². The smallest absolute Gasteiger partial charge is 0.238 e. The van der Waals surface area contributed by atoms with Crippen molar-refractivity contribution in [3.05, 3.63) is 133 Å². The maximum atomic E-state index is 14.9. The highest BCUT2D eigenvalue weighted by Gasteiger charge is 2.20. The third-order valence-corrected chi connectivity index (χ3v) is 6.84. The van der Waals surface area contributed by atoms with E-state index in [0.717, 1.165) is 32.9 Å². The van der Waals surface area contributed by atoms with Gasteiger partial charge in [0.25, 0.3) is 0 Å². The summed E-state index contributed by atoms with van der Waals surface area (Å²) in [5, 5.41) is 2.06. The minimum Gasteiger partial charge on any atom is -0.278 e. The van der Waals surface area contributed by atoms with Gasteiger partial charge in [0.05, 0.1) is 16.6 Å². The molecule has 0 atom stereocenters. The van der Waals surface area contributed by atoms with Crippen LogP contribution in [0.25, 0.3) is 61.7 Å². The lowest BCUT2D eigenvalue weighted by Gasteiger charge is -2.12. The summed E-state index contributed by atoms with van der Waals surface area (Å²) in [5.74, 6) is -0.944. The van der Waals surface area contributed by atoms with Crippen LogP contribution >= 0.6 is 0 Å². The van der Waals surface area contributed by atoms with E-state index >= 15 is 0 Å². The van der Waals surface area contributed by atoms with Crippen molar-refractivity contribution in [2.45, 2.75) is 0 Å². The maximum Gasteiger partial charge on any atom is 0.238 e. The molecule has 6 heteroatoms. The number of hydrogen-bond acceptors (Lipinski definition) is 3. The van der Waals surface area contributed by atoms with E-state index in [1.165, 1.54) is 18.2 Å². The standard InChI is InChI=1S/C33H20F2N4/c34-26-13-8-14-27(35)30(26)32-36-31(23-19-17-22(18-20-23)21-9-2-1-3-10-21)37-33(38-32)39-28-15-6-4-11-24(28)25-12-5-7-16-29(25)39/h1-20H. The van der Waals surface area contributed by atoms with E-state index in [1.807, 2.05) is 108 Å². The maximum absolute atomic E-state index is 14.9. The van der Waals surface area contributed by atoms with Crippen LogP contribution in [-0.2, 0) is 0 Å². The molecule has 0 saturated carbocycles. The molecular formula is C33H20F2N4. The van der Waals surface area contributed by atoms with Crippen molar-refractivity contribution < 1.29 is 8.78 Å². The summed E-state index contributed by atoms with van der Waals surface area (Å²) >= 11 is 0. The van der Waals surface area contributed by atoms with Crippen LogP contribution in [0, 0.1) is 11.6 Å². The molecule has 0 amide bonds. The van der Waals surface area contributed by atoms with Crippen LogP contribution < -0.4 is 0 Å². The van der Waals surface area contributed by atoms with Crippen molar-refractivity contribution in [1.29, 1.82) is 0 Å². The van der Waals surface area contributed by atoms with Crippen molar-refractivity contribution in [3.8, 4) is 39.9 Å². The van der Waals surface area contributed by atoms with Crippen molar-refractivity contribution in [2.75, 3.05) is 0 Å². The van der Waals surface area contributed by atoms with Gasteiger partial charge in [-0.2, -0.15) is 9.97 Å². The van der Waals surface area contributed by atoms with Gasteiger partial charge in [-0.15, -0.1) is 0 Å². The van der Waals surface area contributed by atoms with Crippen LogP contribution in [0.4, 0.5) is 8.78 Å². The summed E-state index contributed by atoms with van der Waals surface area (Å²) in [6, 6.07) is 37.4. The second-order valence-corrected chi connectivity index (χ2v) is 9.19. The molecule has 2 heterocycles. The van der Waals surface area contributed by atoms with E-state index < -0.39 is 11.6 Å². The quantitative estimate of drug-likeness (QED) is 0.239. The van der Waals surface area contributed by atoms with Crippen molar-refractivity contribution in [1.82, 2.24) is 19.5 Å². The Morgan fingerprint density at radius 3 is 1.59 bits per heavy atom. The van der Waals surface area contributed by atoms with Crippen LogP contribution in [0.1, 0.15) is 0 Å². The molecule has 0 aliphatic carbocycles. The van der Waals surface area contributed by atoms with Gasteiger partial charge in [-0.3, -0.25) is 4.57 Å². The zero-order valence-electron chi connectivity index (χ0n) is 20.6. The number of halogens is 2. The largest absolute Gasteiger partial charge is 0.278 e. The van der Waals surface area contributed by atoms with Crippen LogP contribution in [0.2, 0.25) is 0 Å². The number of rotatable bonds is 4. The first-order valence-corrected chi connectivity index (χ1v) is 12.5. The summed E-state index contributed by atoms with van der Waals surface area (Å²) in [5.41, 5.74) is 4.31. The van der Waals surface area contributed by atoms with E-state index in [2.05, 4.69) is 9.97 Å². The Hall–Kier alpha value is -5.23. The molecule has 186 valence electrons. The van der Waals surface area contributed by atoms with Gasteiger partial charge in [0.15, 0.2) is 11.6 Å². The summed E-state index contributed by atoms with van der Waals surface area (Å²) in [6.07, 6.45) is 0. The molecule has 7 rings (SSSR count). The summed E-state index contributed by atoms with van der Waals surface area (Å²) in [4.78, 5) is 14.0. The molecule has 0 aliphatic heterocycles. The molecule has 0 spiro atoms. The van der Waals surface area contributed by atoms with E-state index in [0.29, 0.717) is 11.4 Å². The molecule has 0 fully saturated rings. The van der Waals surface area contributed by atoms with Gasteiger partial charge in [-0.05, 0) is 35.4 Å². The predicted octanol–water partition coefficient (Wildman–Crippen LogP) is 8.25. The highest BCUT2D eigenvalue weighted by Crippen LogP contribution is 2.33. The topological polar surface area (TPSA) is 43.6 Å². The predicted molar refractivity (Wildman–Crippen MR) is 150 cm³/mol. The average molecular weight is 511 g/mol. The van der Waals surface area contributed by atoms with Gasteiger partial charge in [0.2, 0.25) is 5.95 Å². The number of hydrogen-bond donors (Lipinski definition) is 0. The third-order valence-electron chi connectivity index (χ3n) is 6.84. The van der Waals surface area contributed by atoms with Gasteiger partial charge < -0.3 is 0 Å². The first-order chi connectivity index (χ1) is 19.2. The van der Waals surface area contributed by atoms with Gasteiger partial charge in [0, 0.05) is 16.3 Å². The van der Waals surface area contributed by atoms with Crippen molar-refractivity contribution >= 4 is 21.8 Å². The highest BCUT2D eigenvalue weighted by atomic mass is 19.1. The Morgan fingerprint density at radius 2 is 0.949 bits per heavy atom. The minimum atomic E-state index is -0.736. The normalized spacial score (nSPS) is 11.3. The Morgan fingerprint density at radius 1 is 0.436 bits per heavy atom. The van der Waals surface area contributed by atoms with Gasteiger partial charge in [-0.1, -0.05) is 97.1 Å². The third kappa shape index (κ3) is 3.94. The Labute approximate surface area is 222 Å². The molecular weight excluding hydrogens is 490 g/mol. The molecule has 0 aliphatic rings. The second-order valence-electron chi connectivity index (χ2n) is 9.19. The summed E-state index contributed by atoms with van der Waals surface area (Å²) < 4.78 is 31.8. The van der Waals surface area contributed by atoms with Crippen molar-refractivity contribution in [3.63, 3.8) is 0 Å². The summed E-state index contributed by atoms with van der Waals surface area (Å²) in [7, 11) is 0. The minimum absolute atomic E-state index is 0.0698. The molecule has 0 unspecified atom stereocenters. The number of benzene rings is 5. The molecule has 2 aromatic heterocycles. The Balaban J connectivity index is 1.48. The summed E-state index contributed by atoms with van der Waals surface area (Å²) in [6.45, 7) is 0. The number of para-hydroxylation sites is 2. The van der Waals surface area contributed by atoms with Crippen LogP contribution in [0.3, 0.4) is 0 Å². The molecule has 0 N–H and O–H groups in total. The van der Waals surface area contributed by atoms with Gasteiger partial charge in [-0.25, -0.2) is 13.8 Å². The molecule has 4 nitrogen and oxygen atoms in total. The number of nitrogens with zero attached hydrogens (tertiary/aromatic N) is 4. The van der Waals surface area contributed by atoms with Crippen LogP contribution in [0.5, 0.6) is 0 Å². The average Bonchev–Trinajstić information content (AvgIpc) is 3.32.